The molecule has 0 amide bonds. The van der Waals surface area contributed by atoms with E-state index in [0.717, 1.165) is 42.6 Å². The second kappa shape index (κ2) is 6.34. The lowest BCUT2D eigenvalue weighted by Crippen LogP contribution is -2.31. The third kappa shape index (κ3) is 3.33. The Morgan fingerprint density at radius 2 is 2.39 bits per heavy atom. The molecular formula is C14H18BrNO2. The van der Waals surface area contributed by atoms with Gasteiger partial charge in [-0.1, -0.05) is 0 Å². The van der Waals surface area contributed by atoms with Gasteiger partial charge in [0.2, 0.25) is 0 Å². The Morgan fingerprint density at radius 3 is 3.00 bits per heavy atom. The summed E-state index contributed by atoms with van der Waals surface area (Å²) in [6.07, 6.45) is 3.25. The highest BCUT2D eigenvalue weighted by atomic mass is 79.9. The van der Waals surface area contributed by atoms with Crippen molar-refractivity contribution in [3.63, 3.8) is 0 Å². The van der Waals surface area contributed by atoms with Crippen LogP contribution in [0.1, 0.15) is 23.2 Å². The van der Waals surface area contributed by atoms with E-state index in [1.54, 1.807) is 0 Å². The predicted octanol–water partition coefficient (Wildman–Crippen LogP) is 3.12. The summed E-state index contributed by atoms with van der Waals surface area (Å²) in [5, 5.41) is 0. The first kappa shape index (κ1) is 13.6. The Morgan fingerprint density at radius 1 is 1.56 bits per heavy atom. The number of hydrogen-bond acceptors (Lipinski definition) is 3. The molecule has 1 fully saturated rings. The molecule has 0 saturated carbocycles. The highest BCUT2D eigenvalue weighted by Gasteiger charge is 2.17. The maximum atomic E-state index is 10.7. The number of rotatable bonds is 4. The summed E-state index contributed by atoms with van der Waals surface area (Å²) >= 11 is 3.52. The number of nitrogens with zero attached hydrogens (tertiary/aromatic N) is 1. The monoisotopic (exact) mass is 311 g/mol. The van der Waals surface area contributed by atoms with Crippen molar-refractivity contribution in [1.29, 1.82) is 0 Å². The zero-order valence-corrected chi connectivity index (χ0v) is 12.1. The molecule has 1 aliphatic heterocycles. The average Bonchev–Trinajstić information content (AvgIpc) is 2.39. The first-order valence-electron chi connectivity index (χ1n) is 6.24. The lowest BCUT2D eigenvalue weighted by molar-refractivity contribution is 0.0576. The number of carbonyl (C=O) groups is 1. The Bertz CT molecular complexity index is 416. The summed E-state index contributed by atoms with van der Waals surface area (Å²) in [6, 6.07) is 5.69. The molecule has 1 unspecified atom stereocenters. The molecule has 1 heterocycles. The van der Waals surface area contributed by atoms with Gasteiger partial charge in [-0.05, 0) is 52.9 Å². The molecule has 1 aliphatic rings. The van der Waals surface area contributed by atoms with Crippen molar-refractivity contribution in [1.82, 2.24) is 0 Å². The van der Waals surface area contributed by atoms with E-state index in [1.165, 1.54) is 6.42 Å². The fraction of sp³-hybridized carbons (Fsp3) is 0.500. The van der Waals surface area contributed by atoms with E-state index < -0.39 is 0 Å². The molecule has 1 aromatic carbocycles. The Kier molecular flexibility index (Phi) is 4.78. The summed E-state index contributed by atoms with van der Waals surface area (Å²) in [5.74, 6) is 0.599. The molecule has 0 bridgehead atoms. The average molecular weight is 312 g/mol. The minimum Gasteiger partial charge on any atom is -0.381 e. The SMILES string of the molecule is CN(CC1CCCOC1)c1ccc(C=O)cc1Br. The van der Waals surface area contributed by atoms with Crippen molar-refractivity contribution in [3.8, 4) is 0 Å². The maximum Gasteiger partial charge on any atom is 0.150 e. The molecule has 1 saturated heterocycles. The number of carbonyl (C=O) groups excluding carboxylic acids is 1. The van der Waals surface area contributed by atoms with E-state index >= 15 is 0 Å². The quantitative estimate of drug-likeness (QED) is 0.800. The molecule has 4 heteroatoms. The van der Waals surface area contributed by atoms with Crippen molar-refractivity contribution < 1.29 is 9.53 Å². The van der Waals surface area contributed by atoms with Gasteiger partial charge >= 0.3 is 0 Å². The second-order valence-corrected chi connectivity index (χ2v) is 5.65. The highest BCUT2D eigenvalue weighted by molar-refractivity contribution is 9.10. The third-order valence-electron chi connectivity index (χ3n) is 3.31. The van der Waals surface area contributed by atoms with E-state index in [4.69, 9.17) is 4.74 Å². The lowest BCUT2D eigenvalue weighted by Gasteiger charge is -2.29. The number of ether oxygens (including phenoxy) is 1. The Labute approximate surface area is 116 Å². The van der Waals surface area contributed by atoms with Crippen LogP contribution in [0.15, 0.2) is 22.7 Å². The van der Waals surface area contributed by atoms with Crippen LogP contribution in [0.25, 0.3) is 0 Å². The number of aldehydes is 1. The molecule has 2 rings (SSSR count). The van der Waals surface area contributed by atoms with Crippen molar-refractivity contribution in [3.05, 3.63) is 28.2 Å². The molecule has 1 aromatic rings. The largest absolute Gasteiger partial charge is 0.381 e. The van der Waals surface area contributed by atoms with Gasteiger partial charge in [0.15, 0.2) is 0 Å². The standard InChI is InChI=1S/C14H18BrNO2/c1-16(8-12-3-2-6-18-10-12)14-5-4-11(9-17)7-13(14)15/h4-5,7,9,12H,2-3,6,8,10H2,1H3. The topological polar surface area (TPSA) is 29.5 Å². The molecule has 3 nitrogen and oxygen atoms in total. The van der Waals surface area contributed by atoms with Gasteiger partial charge in [-0.25, -0.2) is 0 Å². The predicted molar refractivity (Wildman–Crippen MR) is 76.3 cm³/mol. The molecule has 0 N–H and O–H groups in total. The van der Waals surface area contributed by atoms with E-state index in [2.05, 4.69) is 27.9 Å². The molecule has 0 aliphatic carbocycles. The first-order valence-corrected chi connectivity index (χ1v) is 7.03. The van der Waals surface area contributed by atoms with Crippen LogP contribution >= 0.6 is 15.9 Å². The smallest absolute Gasteiger partial charge is 0.150 e. The Hall–Kier alpha value is -0.870. The van der Waals surface area contributed by atoms with Crippen LogP contribution in [0.2, 0.25) is 0 Å². The minimum absolute atomic E-state index is 0.599. The van der Waals surface area contributed by atoms with Crippen LogP contribution in [0.5, 0.6) is 0 Å². The lowest BCUT2D eigenvalue weighted by atomic mass is 10.0. The van der Waals surface area contributed by atoms with E-state index in [-0.39, 0.29) is 0 Å². The van der Waals surface area contributed by atoms with Gasteiger partial charge in [0.05, 0.1) is 12.3 Å². The maximum absolute atomic E-state index is 10.7. The molecule has 18 heavy (non-hydrogen) atoms. The summed E-state index contributed by atoms with van der Waals surface area (Å²) in [6.45, 7) is 2.74. The van der Waals surface area contributed by atoms with E-state index in [1.807, 2.05) is 18.2 Å². The summed E-state index contributed by atoms with van der Waals surface area (Å²) in [4.78, 5) is 12.9. The van der Waals surface area contributed by atoms with Gasteiger partial charge in [0, 0.05) is 30.2 Å². The van der Waals surface area contributed by atoms with Crippen molar-refractivity contribution in [2.75, 3.05) is 31.7 Å². The van der Waals surface area contributed by atoms with Gasteiger partial charge in [-0.3, -0.25) is 4.79 Å². The number of benzene rings is 1. The molecule has 98 valence electrons. The summed E-state index contributed by atoms with van der Waals surface area (Å²) < 4.78 is 6.47. The third-order valence-corrected chi connectivity index (χ3v) is 3.94. The fourth-order valence-corrected chi connectivity index (χ4v) is 3.04. The van der Waals surface area contributed by atoms with Crippen molar-refractivity contribution in [2.24, 2.45) is 5.92 Å². The van der Waals surface area contributed by atoms with Gasteiger partial charge in [-0.15, -0.1) is 0 Å². The molecule has 0 aromatic heterocycles. The van der Waals surface area contributed by atoms with Crippen LogP contribution in [-0.4, -0.2) is 33.1 Å². The van der Waals surface area contributed by atoms with Gasteiger partial charge in [-0.2, -0.15) is 0 Å². The van der Waals surface area contributed by atoms with E-state index in [9.17, 15) is 4.79 Å². The highest BCUT2D eigenvalue weighted by Crippen LogP contribution is 2.27. The molecular weight excluding hydrogens is 294 g/mol. The molecule has 0 radical (unpaired) electrons. The fourth-order valence-electron chi connectivity index (χ4n) is 2.34. The molecule has 1 atom stereocenters. The van der Waals surface area contributed by atoms with E-state index in [0.29, 0.717) is 11.5 Å². The number of anilines is 1. The summed E-state index contributed by atoms with van der Waals surface area (Å²) in [7, 11) is 2.08. The van der Waals surface area contributed by atoms with Crippen LogP contribution in [0.3, 0.4) is 0 Å². The van der Waals surface area contributed by atoms with Crippen LogP contribution < -0.4 is 4.90 Å². The zero-order valence-electron chi connectivity index (χ0n) is 10.6. The van der Waals surface area contributed by atoms with Gasteiger partial charge in [0.25, 0.3) is 0 Å². The van der Waals surface area contributed by atoms with Crippen molar-refractivity contribution in [2.45, 2.75) is 12.8 Å². The first-order chi connectivity index (χ1) is 8.70. The molecule has 0 spiro atoms. The normalized spacial score (nSPS) is 19.6. The number of hydrogen-bond donors (Lipinski definition) is 0. The zero-order chi connectivity index (χ0) is 13.0. The van der Waals surface area contributed by atoms with Gasteiger partial charge in [0.1, 0.15) is 6.29 Å². The van der Waals surface area contributed by atoms with Crippen molar-refractivity contribution >= 4 is 27.9 Å². The minimum atomic E-state index is 0.599. The Balaban J connectivity index is 2.03. The van der Waals surface area contributed by atoms with Crippen LogP contribution in [-0.2, 0) is 4.74 Å². The second-order valence-electron chi connectivity index (χ2n) is 4.79. The summed E-state index contributed by atoms with van der Waals surface area (Å²) in [5.41, 5.74) is 1.81. The van der Waals surface area contributed by atoms with Crippen LogP contribution in [0, 0.1) is 5.92 Å². The number of halogens is 1. The van der Waals surface area contributed by atoms with Gasteiger partial charge < -0.3 is 9.64 Å². The van der Waals surface area contributed by atoms with Crippen LogP contribution in [0.4, 0.5) is 5.69 Å².